The summed E-state index contributed by atoms with van der Waals surface area (Å²) in [4.78, 5) is 15.0. The molecule has 2 aromatic heterocycles. The molecule has 2 N–H and O–H groups in total. The van der Waals surface area contributed by atoms with Crippen LogP contribution in [-0.2, 0) is 11.3 Å². The predicted octanol–water partition coefficient (Wildman–Crippen LogP) is 3.62. The van der Waals surface area contributed by atoms with E-state index < -0.39 is 0 Å². The first-order valence-corrected chi connectivity index (χ1v) is 11.1. The maximum atomic E-state index is 9.94. The van der Waals surface area contributed by atoms with E-state index in [1.807, 2.05) is 47.4 Å². The second-order valence-electron chi connectivity index (χ2n) is 8.81. The number of aliphatic hydroxyl groups excluding tert-OH is 1. The van der Waals surface area contributed by atoms with Gasteiger partial charge in [-0.15, -0.1) is 0 Å². The number of fused-ring (bicyclic) bond motifs is 1. The second-order valence-corrected chi connectivity index (χ2v) is 8.81. The van der Waals surface area contributed by atoms with Gasteiger partial charge in [-0.05, 0) is 68.8 Å². The van der Waals surface area contributed by atoms with E-state index in [4.69, 9.17) is 15.0 Å². The van der Waals surface area contributed by atoms with E-state index in [0.717, 1.165) is 36.3 Å². The molecule has 0 aliphatic heterocycles. The molecule has 7 nitrogen and oxygen atoms in total. The molecule has 4 atom stereocenters. The molecule has 2 fully saturated rings. The molecule has 0 spiro atoms. The van der Waals surface area contributed by atoms with Crippen LogP contribution in [0.3, 0.4) is 0 Å². The lowest BCUT2D eigenvalue weighted by Crippen LogP contribution is -2.30. The molecule has 2 aliphatic carbocycles. The molecule has 2 heterocycles. The van der Waals surface area contributed by atoms with Gasteiger partial charge in [-0.25, -0.2) is 4.68 Å². The Morgan fingerprint density at radius 1 is 1.06 bits per heavy atom. The van der Waals surface area contributed by atoms with E-state index in [9.17, 15) is 5.11 Å². The van der Waals surface area contributed by atoms with Crippen molar-refractivity contribution < 1.29 is 15.0 Å². The molecule has 1 aromatic carbocycles. The highest BCUT2D eigenvalue weighted by Crippen LogP contribution is 2.45. The van der Waals surface area contributed by atoms with Gasteiger partial charge in [0.1, 0.15) is 0 Å². The molecule has 0 bridgehead atoms. The summed E-state index contributed by atoms with van der Waals surface area (Å²) in [5.74, 6) is 1.40. The van der Waals surface area contributed by atoms with Gasteiger partial charge in [-0.1, -0.05) is 18.2 Å². The molecule has 7 heteroatoms. The topological polar surface area (TPSA) is 91.5 Å². The average molecular weight is 435 g/mol. The van der Waals surface area contributed by atoms with E-state index in [1.54, 1.807) is 0 Å². The summed E-state index contributed by atoms with van der Waals surface area (Å²) in [6.45, 7) is 0.622. The Kier molecular flexibility index (Phi) is 6.97. The van der Waals surface area contributed by atoms with Crippen molar-refractivity contribution in [3.05, 3.63) is 66.6 Å². The van der Waals surface area contributed by atoms with Gasteiger partial charge in [0.2, 0.25) is 0 Å². The van der Waals surface area contributed by atoms with Gasteiger partial charge in [0.25, 0.3) is 6.47 Å². The first kappa shape index (κ1) is 22.2. The summed E-state index contributed by atoms with van der Waals surface area (Å²) >= 11 is 0. The number of carbonyl (C=O) groups is 1. The van der Waals surface area contributed by atoms with E-state index in [0.29, 0.717) is 17.9 Å². The Hall–Kier alpha value is -3.03. The lowest BCUT2D eigenvalue weighted by atomic mass is 10.0. The van der Waals surface area contributed by atoms with Crippen LogP contribution in [0.4, 0.5) is 0 Å². The van der Waals surface area contributed by atoms with Crippen LogP contribution in [0.25, 0.3) is 16.9 Å². The molecule has 3 aromatic rings. The van der Waals surface area contributed by atoms with Crippen molar-refractivity contribution in [3.8, 4) is 16.9 Å². The number of nitrogens with zero attached hydrogens (tertiary/aromatic N) is 4. The fourth-order valence-corrected chi connectivity index (χ4v) is 5.30. The zero-order valence-corrected chi connectivity index (χ0v) is 18.3. The zero-order valence-electron chi connectivity index (χ0n) is 18.3. The monoisotopic (exact) mass is 434 g/mol. The van der Waals surface area contributed by atoms with Crippen LogP contribution in [0.1, 0.15) is 31.2 Å². The average Bonchev–Trinajstić information content (AvgIpc) is 3.48. The van der Waals surface area contributed by atoms with Crippen LogP contribution in [0.5, 0.6) is 0 Å². The Balaban J connectivity index is 0.000000775. The summed E-state index contributed by atoms with van der Waals surface area (Å²) in [5.41, 5.74) is 4.43. The van der Waals surface area contributed by atoms with Gasteiger partial charge in [-0.2, -0.15) is 5.10 Å². The molecule has 5 rings (SSSR count). The van der Waals surface area contributed by atoms with Crippen molar-refractivity contribution >= 4 is 6.47 Å². The standard InChI is InChI=1S/C24H28N4O.CH2O2/c1-27(22-11-18-13-23(29)14-19(18)12-22)15-20-16-28(21-5-3-2-4-6-21)26-24(20)17-7-9-25-10-8-17;2-1-3/h2-10,16,18-19,22-23,29H,11-15H2,1H3;1H,(H,2,3)/t18-,19+,22?,23?;. The molecule has 2 saturated carbocycles. The number of aromatic nitrogens is 3. The predicted molar refractivity (Wildman–Crippen MR) is 122 cm³/mol. The molecule has 0 saturated heterocycles. The van der Waals surface area contributed by atoms with E-state index >= 15 is 0 Å². The van der Waals surface area contributed by atoms with Gasteiger partial charge >= 0.3 is 0 Å². The van der Waals surface area contributed by atoms with Crippen LogP contribution in [0, 0.1) is 11.8 Å². The molecule has 168 valence electrons. The molecular formula is C25H30N4O3. The van der Waals surface area contributed by atoms with Crippen LogP contribution < -0.4 is 0 Å². The van der Waals surface area contributed by atoms with Crippen molar-refractivity contribution in [2.24, 2.45) is 11.8 Å². The number of hydrogen-bond donors (Lipinski definition) is 2. The Labute approximate surface area is 188 Å². The zero-order chi connectivity index (χ0) is 22.5. The van der Waals surface area contributed by atoms with Gasteiger partial charge < -0.3 is 10.2 Å². The summed E-state index contributed by atoms with van der Waals surface area (Å²) in [5, 5.41) is 21.8. The number of pyridine rings is 1. The SMILES string of the molecule is CN(Cc1cn(-c2ccccc2)nc1-c1ccncc1)C1C[C@H]2CC(O)C[C@H]2C1.O=CO. The van der Waals surface area contributed by atoms with Gasteiger partial charge in [0, 0.05) is 42.3 Å². The van der Waals surface area contributed by atoms with Crippen molar-refractivity contribution in [1.29, 1.82) is 0 Å². The van der Waals surface area contributed by atoms with Crippen molar-refractivity contribution in [2.45, 2.75) is 44.4 Å². The molecular weight excluding hydrogens is 404 g/mol. The third-order valence-electron chi connectivity index (χ3n) is 6.77. The number of para-hydroxylation sites is 1. The number of hydrogen-bond acceptors (Lipinski definition) is 5. The maximum Gasteiger partial charge on any atom is 0.290 e. The number of carboxylic acid groups (broad SMARTS) is 1. The molecule has 0 radical (unpaired) electrons. The van der Waals surface area contributed by atoms with Crippen molar-refractivity contribution in [1.82, 2.24) is 19.7 Å². The highest BCUT2D eigenvalue weighted by Gasteiger charge is 2.42. The third kappa shape index (κ3) is 4.89. The number of rotatable bonds is 5. The normalized spacial score (nSPS) is 24.1. The van der Waals surface area contributed by atoms with Crippen molar-refractivity contribution in [3.63, 3.8) is 0 Å². The number of aliphatic hydroxyl groups is 1. The molecule has 2 unspecified atom stereocenters. The summed E-state index contributed by atoms with van der Waals surface area (Å²) in [6, 6.07) is 14.9. The van der Waals surface area contributed by atoms with Crippen LogP contribution in [0.2, 0.25) is 0 Å². The number of benzene rings is 1. The lowest BCUT2D eigenvalue weighted by Gasteiger charge is -2.25. The molecule has 2 aliphatic rings. The van der Waals surface area contributed by atoms with Gasteiger partial charge in [0.05, 0.1) is 17.5 Å². The summed E-state index contributed by atoms with van der Waals surface area (Å²) < 4.78 is 1.98. The first-order chi connectivity index (χ1) is 15.6. The summed E-state index contributed by atoms with van der Waals surface area (Å²) in [6.07, 6.45) is 10.1. The largest absolute Gasteiger partial charge is 0.483 e. The van der Waals surface area contributed by atoms with Gasteiger partial charge in [-0.3, -0.25) is 14.7 Å². The fourth-order valence-electron chi connectivity index (χ4n) is 5.30. The Bertz CT molecular complexity index is 995. The highest BCUT2D eigenvalue weighted by molar-refractivity contribution is 5.62. The smallest absolute Gasteiger partial charge is 0.290 e. The maximum absolute atomic E-state index is 9.94. The Morgan fingerprint density at radius 3 is 2.31 bits per heavy atom. The second kappa shape index (κ2) is 10.1. The fraction of sp³-hybridized carbons (Fsp3) is 0.400. The Morgan fingerprint density at radius 2 is 1.69 bits per heavy atom. The van der Waals surface area contributed by atoms with Crippen LogP contribution in [-0.4, -0.2) is 55.5 Å². The van der Waals surface area contributed by atoms with E-state index in [2.05, 4.69) is 35.3 Å². The minimum Gasteiger partial charge on any atom is -0.483 e. The molecule has 0 amide bonds. The third-order valence-corrected chi connectivity index (χ3v) is 6.77. The minimum absolute atomic E-state index is 0.0707. The van der Waals surface area contributed by atoms with Crippen LogP contribution in [0.15, 0.2) is 61.1 Å². The van der Waals surface area contributed by atoms with Crippen LogP contribution >= 0.6 is 0 Å². The lowest BCUT2D eigenvalue weighted by molar-refractivity contribution is -0.122. The van der Waals surface area contributed by atoms with E-state index in [-0.39, 0.29) is 12.6 Å². The van der Waals surface area contributed by atoms with Crippen molar-refractivity contribution in [2.75, 3.05) is 7.05 Å². The quantitative estimate of drug-likeness (QED) is 0.596. The van der Waals surface area contributed by atoms with E-state index in [1.165, 1.54) is 18.4 Å². The first-order valence-electron chi connectivity index (χ1n) is 11.1. The highest BCUT2D eigenvalue weighted by atomic mass is 16.3. The van der Waals surface area contributed by atoms with Gasteiger partial charge in [0.15, 0.2) is 0 Å². The minimum atomic E-state index is -0.250. The summed E-state index contributed by atoms with van der Waals surface area (Å²) in [7, 11) is 2.23. The molecule has 32 heavy (non-hydrogen) atoms.